The van der Waals surface area contributed by atoms with E-state index in [9.17, 15) is 39.5 Å². The second-order valence-corrected chi connectivity index (χ2v) is 2.42. The second-order valence-electron chi connectivity index (χ2n) is 2.42. The van der Waals surface area contributed by atoms with Crippen molar-refractivity contribution >= 4 is 0 Å². The van der Waals surface area contributed by atoms with Crippen LogP contribution in [-0.2, 0) is 4.74 Å². The van der Waals surface area contributed by atoms with Crippen LogP contribution in [0.1, 0.15) is 0 Å². The van der Waals surface area contributed by atoms with Crippen LogP contribution < -0.4 is 0 Å². The van der Waals surface area contributed by atoms with E-state index in [1.54, 1.807) is 0 Å². The molecule has 0 heterocycles. The highest BCUT2D eigenvalue weighted by atomic mass is 19.4. The molecule has 10 heteroatoms. The molecule has 0 aromatic rings. The Morgan fingerprint density at radius 3 is 1.44 bits per heavy atom. The van der Waals surface area contributed by atoms with Gasteiger partial charge in [0.1, 0.15) is 0 Å². The van der Waals surface area contributed by atoms with E-state index < -0.39 is 29.9 Å². The van der Waals surface area contributed by atoms with Gasteiger partial charge in [-0.1, -0.05) is 0 Å². The van der Waals surface area contributed by atoms with Gasteiger partial charge in [0, 0.05) is 0 Å². The molecule has 0 radical (unpaired) electrons. The molecule has 0 aromatic carbocycles. The van der Waals surface area contributed by atoms with Crippen LogP contribution in [0, 0.1) is 0 Å². The van der Waals surface area contributed by atoms with Crippen molar-refractivity contribution in [3.8, 4) is 0 Å². The standard InChI is InChI=1S/C6H3F9O/c1-16-3(2(7)5(10,11)12)4(8,9)6(13,14)15/h1H3/b3-2+. The lowest BCUT2D eigenvalue weighted by atomic mass is 10.2. The zero-order valence-corrected chi connectivity index (χ0v) is 7.31. The summed E-state index contributed by atoms with van der Waals surface area (Å²) in [5.74, 6) is -12.8. The molecular formula is C6H3F9O. The maximum Gasteiger partial charge on any atom is 0.461 e. The normalized spacial score (nSPS) is 15.9. The first-order chi connectivity index (χ1) is 6.85. The van der Waals surface area contributed by atoms with E-state index in [1.165, 1.54) is 0 Å². The van der Waals surface area contributed by atoms with E-state index in [-0.39, 0.29) is 7.11 Å². The predicted molar refractivity (Wildman–Crippen MR) is 32.2 cm³/mol. The molecule has 0 aliphatic heterocycles. The zero-order chi connectivity index (χ0) is 13.4. The van der Waals surface area contributed by atoms with Crippen molar-refractivity contribution in [2.24, 2.45) is 0 Å². The molecule has 0 fully saturated rings. The van der Waals surface area contributed by atoms with Crippen LogP contribution in [0.2, 0.25) is 0 Å². The highest BCUT2D eigenvalue weighted by Gasteiger charge is 2.64. The van der Waals surface area contributed by atoms with Gasteiger partial charge in [0.05, 0.1) is 7.11 Å². The SMILES string of the molecule is CO/C(=C(/F)C(F)(F)F)C(F)(F)C(F)(F)F. The number of methoxy groups -OCH3 is 1. The first kappa shape index (κ1) is 14.9. The molecule has 0 rings (SSSR count). The monoisotopic (exact) mass is 262 g/mol. The third-order valence-corrected chi connectivity index (χ3v) is 1.29. The Bertz CT molecular complexity index is 283. The molecule has 1 nitrogen and oxygen atoms in total. The highest BCUT2D eigenvalue weighted by molar-refractivity contribution is 5.16. The minimum absolute atomic E-state index is 0.0697. The lowest BCUT2D eigenvalue weighted by Gasteiger charge is -2.22. The van der Waals surface area contributed by atoms with Crippen LogP contribution in [0.25, 0.3) is 0 Å². The van der Waals surface area contributed by atoms with Gasteiger partial charge in [-0.25, -0.2) is 0 Å². The molecule has 16 heavy (non-hydrogen) atoms. The Kier molecular flexibility index (Phi) is 3.78. The average molecular weight is 262 g/mol. The van der Waals surface area contributed by atoms with Crippen LogP contribution >= 0.6 is 0 Å². The number of halogens is 9. The number of alkyl halides is 8. The van der Waals surface area contributed by atoms with Crippen LogP contribution in [0.4, 0.5) is 39.5 Å². The number of rotatable bonds is 2. The molecule has 0 aromatic heterocycles. The molecule has 0 unspecified atom stereocenters. The van der Waals surface area contributed by atoms with Crippen molar-refractivity contribution < 1.29 is 44.3 Å². The summed E-state index contributed by atoms with van der Waals surface area (Å²) >= 11 is 0. The van der Waals surface area contributed by atoms with E-state index >= 15 is 0 Å². The van der Waals surface area contributed by atoms with E-state index in [4.69, 9.17) is 0 Å². The van der Waals surface area contributed by atoms with Crippen LogP contribution in [-0.4, -0.2) is 25.4 Å². The number of allylic oxidation sites excluding steroid dienone is 2. The molecule has 0 saturated carbocycles. The lowest BCUT2D eigenvalue weighted by Crippen LogP contribution is -2.40. The van der Waals surface area contributed by atoms with Crippen molar-refractivity contribution in [1.82, 2.24) is 0 Å². The lowest BCUT2D eigenvalue weighted by molar-refractivity contribution is -0.278. The van der Waals surface area contributed by atoms with Crippen molar-refractivity contribution in [3.63, 3.8) is 0 Å². The number of hydrogen-bond acceptors (Lipinski definition) is 1. The van der Waals surface area contributed by atoms with Crippen molar-refractivity contribution in [1.29, 1.82) is 0 Å². The van der Waals surface area contributed by atoms with Crippen LogP contribution in [0.15, 0.2) is 11.6 Å². The van der Waals surface area contributed by atoms with Crippen molar-refractivity contribution in [2.45, 2.75) is 18.3 Å². The van der Waals surface area contributed by atoms with Gasteiger partial charge in [0.15, 0.2) is 0 Å². The van der Waals surface area contributed by atoms with E-state index in [0.717, 1.165) is 0 Å². The second kappa shape index (κ2) is 4.06. The van der Waals surface area contributed by atoms with E-state index in [0.29, 0.717) is 0 Å². The van der Waals surface area contributed by atoms with Gasteiger partial charge in [0.25, 0.3) is 0 Å². The van der Waals surface area contributed by atoms with Gasteiger partial charge < -0.3 is 4.74 Å². The molecule has 0 atom stereocenters. The van der Waals surface area contributed by atoms with Crippen LogP contribution in [0.5, 0.6) is 0 Å². The fourth-order valence-electron chi connectivity index (χ4n) is 0.613. The molecule has 0 amide bonds. The smallest absolute Gasteiger partial charge is 0.461 e. The quantitative estimate of drug-likeness (QED) is 0.546. The Labute approximate surface area is 82.5 Å². The average Bonchev–Trinajstić information content (AvgIpc) is 2.00. The first-order valence-corrected chi connectivity index (χ1v) is 3.31. The fraction of sp³-hybridized carbons (Fsp3) is 0.667. The topological polar surface area (TPSA) is 9.23 Å². The number of hydrogen-bond donors (Lipinski definition) is 0. The number of ether oxygens (including phenoxy) is 1. The van der Waals surface area contributed by atoms with Gasteiger partial charge in [-0.05, 0) is 0 Å². The Hall–Kier alpha value is -1.09. The summed E-state index contributed by atoms with van der Waals surface area (Å²) in [7, 11) is 0.0697. The molecule has 0 bridgehead atoms. The van der Waals surface area contributed by atoms with Crippen molar-refractivity contribution in [3.05, 3.63) is 11.6 Å². The summed E-state index contributed by atoms with van der Waals surface area (Å²) in [6.45, 7) is 0. The van der Waals surface area contributed by atoms with Gasteiger partial charge in [0.2, 0.25) is 11.6 Å². The predicted octanol–water partition coefficient (Wildman–Crippen LogP) is 3.57. The summed E-state index contributed by atoms with van der Waals surface area (Å²) in [6, 6.07) is 0. The minimum atomic E-state index is -6.39. The molecule has 0 spiro atoms. The molecule has 0 saturated heterocycles. The third-order valence-electron chi connectivity index (χ3n) is 1.29. The minimum Gasteiger partial charge on any atom is -0.492 e. The van der Waals surface area contributed by atoms with Gasteiger partial charge in [-0.3, -0.25) is 0 Å². The third kappa shape index (κ3) is 2.73. The van der Waals surface area contributed by atoms with Crippen LogP contribution in [0.3, 0.4) is 0 Å². The fourth-order valence-corrected chi connectivity index (χ4v) is 0.613. The zero-order valence-electron chi connectivity index (χ0n) is 7.31. The maximum atomic E-state index is 12.3. The summed E-state index contributed by atoms with van der Waals surface area (Å²) in [4.78, 5) is 0. The summed E-state index contributed by atoms with van der Waals surface area (Å²) < 4.78 is 110. The van der Waals surface area contributed by atoms with E-state index in [1.807, 2.05) is 0 Å². The maximum absolute atomic E-state index is 12.3. The van der Waals surface area contributed by atoms with Crippen molar-refractivity contribution in [2.75, 3.05) is 7.11 Å². The molecule has 0 aliphatic rings. The summed E-state index contributed by atoms with van der Waals surface area (Å²) in [5.41, 5.74) is 0. The molecule has 0 N–H and O–H groups in total. The summed E-state index contributed by atoms with van der Waals surface area (Å²) in [6.07, 6.45) is -12.4. The first-order valence-electron chi connectivity index (χ1n) is 3.31. The van der Waals surface area contributed by atoms with Gasteiger partial charge in [-0.2, -0.15) is 39.5 Å². The summed E-state index contributed by atoms with van der Waals surface area (Å²) in [5, 5.41) is 0. The highest BCUT2D eigenvalue weighted by Crippen LogP contribution is 2.45. The van der Waals surface area contributed by atoms with Gasteiger partial charge >= 0.3 is 18.3 Å². The molecule has 96 valence electrons. The molecular weight excluding hydrogens is 259 g/mol. The Morgan fingerprint density at radius 2 is 1.25 bits per heavy atom. The Morgan fingerprint density at radius 1 is 0.875 bits per heavy atom. The molecule has 0 aliphatic carbocycles. The Balaban J connectivity index is 5.65. The largest absolute Gasteiger partial charge is 0.492 e. The van der Waals surface area contributed by atoms with Gasteiger partial charge in [-0.15, -0.1) is 0 Å². The van der Waals surface area contributed by atoms with E-state index in [2.05, 4.69) is 4.74 Å².